The van der Waals surface area contributed by atoms with Gasteiger partial charge in [-0.25, -0.2) is 4.79 Å². The summed E-state index contributed by atoms with van der Waals surface area (Å²) in [6, 6.07) is 16.8. The molecule has 0 amide bonds. The number of hydrogen-bond donors (Lipinski definition) is 1. The molecule has 1 N–H and O–H groups in total. The van der Waals surface area contributed by atoms with Gasteiger partial charge < -0.3 is 0 Å². The van der Waals surface area contributed by atoms with Gasteiger partial charge in [-0.05, 0) is 60.4 Å². The van der Waals surface area contributed by atoms with Gasteiger partial charge in [-0.3, -0.25) is 9.13 Å². The molecule has 1 unspecified atom stereocenters. The van der Waals surface area contributed by atoms with E-state index < -0.39 is 0 Å². The van der Waals surface area contributed by atoms with Gasteiger partial charge in [0.15, 0.2) is 0 Å². The number of tetrazole rings is 1. The molecule has 1 fully saturated rings. The zero-order valence-corrected chi connectivity index (χ0v) is 19.2. The number of nitrogens with zero attached hydrogens (tertiary/aromatic N) is 5. The lowest BCUT2D eigenvalue weighted by atomic mass is 9.98. The average molecular weight is 443 g/mol. The summed E-state index contributed by atoms with van der Waals surface area (Å²) in [6.07, 6.45) is 7.72. The van der Waals surface area contributed by atoms with E-state index >= 15 is 0 Å². The number of aryl methyl sites for hydroxylation is 1. The summed E-state index contributed by atoms with van der Waals surface area (Å²) >= 11 is 0. The molecule has 2 aromatic carbocycles. The minimum Gasteiger partial charge on any atom is -0.296 e. The minimum absolute atomic E-state index is 0.118. The number of unbranched alkanes of at least 4 members (excludes halogenated alkanes) is 1. The second-order valence-electron chi connectivity index (χ2n) is 9.06. The lowest BCUT2D eigenvalue weighted by molar-refractivity contribution is 0.465. The van der Waals surface area contributed by atoms with E-state index in [9.17, 15) is 4.79 Å². The highest BCUT2D eigenvalue weighted by Crippen LogP contribution is 2.39. The maximum Gasteiger partial charge on any atom is 0.328 e. The Bertz CT molecular complexity index is 1270. The van der Waals surface area contributed by atoms with E-state index in [4.69, 9.17) is 0 Å². The van der Waals surface area contributed by atoms with Crippen molar-refractivity contribution >= 4 is 0 Å². The SMILES string of the molecule is CCCCc1cn(C(C)C2CC2)c(=O)n1Cc1ccc(-c2ccccc2-c2nn[nH]n2)cc1. The van der Waals surface area contributed by atoms with Gasteiger partial charge in [0.1, 0.15) is 0 Å². The van der Waals surface area contributed by atoms with E-state index in [1.807, 2.05) is 27.3 Å². The van der Waals surface area contributed by atoms with Crippen LogP contribution in [0.25, 0.3) is 22.5 Å². The minimum atomic E-state index is 0.118. The number of rotatable bonds is 9. The number of aromatic nitrogens is 6. The van der Waals surface area contributed by atoms with Crippen LogP contribution in [0.3, 0.4) is 0 Å². The summed E-state index contributed by atoms with van der Waals surface area (Å²) in [5.41, 5.74) is 5.44. The molecule has 2 aromatic heterocycles. The molecule has 1 saturated carbocycles. The van der Waals surface area contributed by atoms with Gasteiger partial charge in [-0.2, -0.15) is 5.21 Å². The molecule has 0 saturated heterocycles. The van der Waals surface area contributed by atoms with Crippen molar-refractivity contribution in [3.8, 4) is 22.5 Å². The average Bonchev–Trinajstić information content (AvgIpc) is 3.47. The van der Waals surface area contributed by atoms with E-state index in [-0.39, 0.29) is 11.7 Å². The van der Waals surface area contributed by atoms with Gasteiger partial charge in [0, 0.05) is 23.5 Å². The van der Waals surface area contributed by atoms with Crippen molar-refractivity contribution < 1.29 is 0 Å². The fraction of sp³-hybridized carbons (Fsp3) is 0.385. The van der Waals surface area contributed by atoms with Crippen LogP contribution in [0, 0.1) is 5.92 Å². The van der Waals surface area contributed by atoms with Crippen molar-refractivity contribution in [1.82, 2.24) is 29.8 Å². The summed E-state index contributed by atoms with van der Waals surface area (Å²) < 4.78 is 3.94. The Balaban J connectivity index is 1.43. The molecule has 0 bridgehead atoms. The number of aromatic amines is 1. The quantitative estimate of drug-likeness (QED) is 0.401. The second-order valence-corrected chi connectivity index (χ2v) is 9.06. The summed E-state index contributed by atoms with van der Waals surface area (Å²) in [5.74, 6) is 1.23. The number of benzene rings is 2. The summed E-state index contributed by atoms with van der Waals surface area (Å²) in [4.78, 5) is 13.3. The highest BCUT2D eigenvalue weighted by Gasteiger charge is 2.31. The van der Waals surface area contributed by atoms with Crippen LogP contribution in [-0.4, -0.2) is 29.8 Å². The van der Waals surface area contributed by atoms with Gasteiger partial charge in [0.25, 0.3) is 0 Å². The number of imidazole rings is 1. The Morgan fingerprint density at radius 2 is 1.85 bits per heavy atom. The number of H-pyrrole nitrogens is 1. The molecular formula is C26H30N6O. The third-order valence-electron chi connectivity index (χ3n) is 6.74. The summed E-state index contributed by atoms with van der Waals surface area (Å²) in [5, 5.41) is 14.5. The van der Waals surface area contributed by atoms with Gasteiger partial charge >= 0.3 is 5.69 Å². The van der Waals surface area contributed by atoms with Crippen LogP contribution < -0.4 is 5.69 Å². The topological polar surface area (TPSA) is 81.4 Å². The van der Waals surface area contributed by atoms with E-state index in [1.165, 1.54) is 12.8 Å². The predicted molar refractivity (Wildman–Crippen MR) is 129 cm³/mol. The van der Waals surface area contributed by atoms with Crippen LogP contribution >= 0.6 is 0 Å². The van der Waals surface area contributed by atoms with E-state index in [1.54, 1.807) is 0 Å². The van der Waals surface area contributed by atoms with Gasteiger partial charge in [-0.1, -0.05) is 61.9 Å². The second kappa shape index (κ2) is 9.17. The first kappa shape index (κ1) is 21.4. The normalized spacial score (nSPS) is 14.5. The molecule has 0 aliphatic heterocycles. The van der Waals surface area contributed by atoms with Crippen LogP contribution in [0.1, 0.15) is 56.8 Å². The van der Waals surface area contributed by atoms with Crippen LogP contribution in [0.2, 0.25) is 0 Å². The smallest absolute Gasteiger partial charge is 0.296 e. The lowest BCUT2D eigenvalue weighted by Gasteiger charge is -2.11. The van der Waals surface area contributed by atoms with Crippen LogP contribution in [-0.2, 0) is 13.0 Å². The molecule has 0 spiro atoms. The Morgan fingerprint density at radius 3 is 2.52 bits per heavy atom. The Morgan fingerprint density at radius 1 is 1.09 bits per heavy atom. The van der Waals surface area contributed by atoms with E-state index in [0.29, 0.717) is 18.3 Å². The van der Waals surface area contributed by atoms with Gasteiger partial charge in [0.2, 0.25) is 5.82 Å². The molecule has 4 aromatic rings. The Kier molecular flexibility index (Phi) is 5.94. The third-order valence-corrected chi connectivity index (χ3v) is 6.74. The first-order valence-electron chi connectivity index (χ1n) is 11.9. The lowest BCUT2D eigenvalue weighted by Crippen LogP contribution is -2.28. The number of nitrogens with one attached hydrogen (secondary N) is 1. The highest BCUT2D eigenvalue weighted by atomic mass is 16.1. The molecule has 7 heteroatoms. The maximum atomic E-state index is 13.3. The largest absolute Gasteiger partial charge is 0.328 e. The predicted octanol–water partition coefficient (Wildman–Crippen LogP) is 4.86. The summed E-state index contributed by atoms with van der Waals surface area (Å²) in [6.45, 7) is 4.97. The molecule has 5 rings (SSSR count). The molecule has 33 heavy (non-hydrogen) atoms. The van der Waals surface area contributed by atoms with E-state index in [0.717, 1.165) is 47.2 Å². The van der Waals surface area contributed by atoms with E-state index in [2.05, 4.69) is 71.0 Å². The maximum absolute atomic E-state index is 13.3. The molecule has 1 atom stereocenters. The standard InChI is InChI=1S/C26H30N6O/c1-3-4-7-22-17-31(18(2)20-14-15-20)26(33)32(22)16-19-10-12-21(13-11-19)23-8-5-6-9-24(23)25-27-29-30-28-25/h5-6,8-13,17-18,20H,3-4,7,14-16H2,1-2H3,(H,27,28,29,30). The van der Waals surface area contributed by atoms with Crippen molar-refractivity contribution in [2.24, 2.45) is 5.92 Å². The van der Waals surface area contributed by atoms with Gasteiger partial charge in [0.05, 0.1) is 6.54 Å². The molecular weight excluding hydrogens is 412 g/mol. The first-order valence-corrected chi connectivity index (χ1v) is 11.9. The van der Waals surface area contributed by atoms with Crippen molar-refractivity contribution in [1.29, 1.82) is 0 Å². The summed E-state index contributed by atoms with van der Waals surface area (Å²) in [7, 11) is 0. The zero-order valence-electron chi connectivity index (χ0n) is 19.2. The van der Waals surface area contributed by atoms with Crippen molar-refractivity contribution in [3.05, 3.63) is 76.5 Å². The van der Waals surface area contributed by atoms with Crippen LogP contribution in [0.15, 0.2) is 59.5 Å². The molecule has 1 aliphatic rings. The van der Waals surface area contributed by atoms with Gasteiger partial charge in [-0.15, -0.1) is 10.2 Å². The van der Waals surface area contributed by atoms with Crippen LogP contribution in [0.4, 0.5) is 0 Å². The molecule has 2 heterocycles. The molecule has 7 nitrogen and oxygen atoms in total. The monoisotopic (exact) mass is 442 g/mol. The fourth-order valence-electron chi connectivity index (χ4n) is 4.55. The zero-order chi connectivity index (χ0) is 22.8. The first-order chi connectivity index (χ1) is 16.2. The number of hydrogen-bond acceptors (Lipinski definition) is 4. The van der Waals surface area contributed by atoms with Crippen molar-refractivity contribution in [3.63, 3.8) is 0 Å². The van der Waals surface area contributed by atoms with Crippen LogP contribution in [0.5, 0.6) is 0 Å². The Hall–Kier alpha value is -3.48. The fourth-order valence-corrected chi connectivity index (χ4v) is 4.55. The Labute approximate surface area is 193 Å². The third kappa shape index (κ3) is 4.40. The van der Waals surface area contributed by atoms with Crippen molar-refractivity contribution in [2.75, 3.05) is 0 Å². The molecule has 0 radical (unpaired) electrons. The molecule has 170 valence electrons. The van der Waals surface area contributed by atoms with Crippen molar-refractivity contribution in [2.45, 2.75) is 58.5 Å². The molecule has 1 aliphatic carbocycles. The highest BCUT2D eigenvalue weighted by molar-refractivity contribution is 5.80.